The van der Waals surface area contributed by atoms with Crippen LogP contribution in [0.25, 0.3) is 0 Å². The number of hydrogen-bond acceptors (Lipinski definition) is 4. The van der Waals surface area contributed by atoms with Crippen molar-refractivity contribution in [1.29, 1.82) is 0 Å². The molecule has 0 spiro atoms. The van der Waals surface area contributed by atoms with E-state index in [0.29, 0.717) is 6.04 Å². The van der Waals surface area contributed by atoms with Gasteiger partial charge in [0.25, 0.3) is 0 Å². The molecule has 118 valence electrons. The number of fused-ring (bicyclic) bond motifs is 1. The van der Waals surface area contributed by atoms with E-state index in [1.807, 2.05) is 11.3 Å². The van der Waals surface area contributed by atoms with Gasteiger partial charge in [-0.3, -0.25) is 9.58 Å². The van der Waals surface area contributed by atoms with Gasteiger partial charge in [0.15, 0.2) is 0 Å². The fraction of sp³-hybridized carbons (Fsp3) is 0.588. The lowest BCUT2D eigenvalue weighted by atomic mass is 10.00. The van der Waals surface area contributed by atoms with Gasteiger partial charge in [-0.15, -0.1) is 11.3 Å². The van der Waals surface area contributed by atoms with E-state index in [9.17, 15) is 0 Å². The summed E-state index contributed by atoms with van der Waals surface area (Å²) in [7, 11) is 1.80. The Balaban J connectivity index is 1.60. The molecule has 2 aromatic rings. The van der Waals surface area contributed by atoms with E-state index in [4.69, 9.17) is 4.74 Å². The predicted molar refractivity (Wildman–Crippen MR) is 88.0 cm³/mol. The lowest BCUT2D eigenvalue weighted by Crippen LogP contribution is -2.38. The summed E-state index contributed by atoms with van der Waals surface area (Å²) in [4.78, 5) is 3.99. The molecule has 5 heteroatoms. The third-order valence-electron chi connectivity index (χ3n) is 4.78. The SMILES string of the molecule is COC[C@@H]1c2c(cnn2CC2CC2)CCN1Cc1cccs1. The first-order valence-corrected chi connectivity index (χ1v) is 9.03. The molecule has 0 amide bonds. The van der Waals surface area contributed by atoms with Crippen molar-refractivity contribution in [3.05, 3.63) is 39.8 Å². The summed E-state index contributed by atoms with van der Waals surface area (Å²) in [6.07, 6.45) is 5.92. The van der Waals surface area contributed by atoms with Crippen LogP contribution < -0.4 is 0 Å². The Bertz CT molecular complexity index is 618. The van der Waals surface area contributed by atoms with Crippen LogP contribution in [0, 0.1) is 5.92 Å². The molecule has 0 saturated heterocycles. The molecule has 2 aliphatic rings. The van der Waals surface area contributed by atoms with Crippen LogP contribution in [0.2, 0.25) is 0 Å². The number of nitrogens with zero attached hydrogens (tertiary/aromatic N) is 3. The summed E-state index contributed by atoms with van der Waals surface area (Å²) in [5, 5.41) is 6.84. The molecule has 1 atom stereocenters. The van der Waals surface area contributed by atoms with Crippen LogP contribution in [-0.2, 0) is 24.2 Å². The third kappa shape index (κ3) is 2.85. The fourth-order valence-corrected chi connectivity index (χ4v) is 4.16. The Labute approximate surface area is 135 Å². The first-order valence-electron chi connectivity index (χ1n) is 8.15. The third-order valence-corrected chi connectivity index (χ3v) is 5.64. The van der Waals surface area contributed by atoms with Gasteiger partial charge in [0.05, 0.1) is 24.5 Å². The quantitative estimate of drug-likeness (QED) is 0.820. The van der Waals surface area contributed by atoms with E-state index in [1.165, 1.54) is 29.0 Å². The molecule has 22 heavy (non-hydrogen) atoms. The number of aromatic nitrogens is 2. The maximum absolute atomic E-state index is 5.55. The molecule has 1 aliphatic carbocycles. The van der Waals surface area contributed by atoms with Gasteiger partial charge in [-0.1, -0.05) is 6.07 Å². The number of hydrogen-bond donors (Lipinski definition) is 0. The normalized spacial score (nSPS) is 22.0. The minimum Gasteiger partial charge on any atom is -0.383 e. The van der Waals surface area contributed by atoms with Gasteiger partial charge in [-0.2, -0.15) is 5.10 Å². The smallest absolute Gasteiger partial charge is 0.0760 e. The summed E-state index contributed by atoms with van der Waals surface area (Å²) in [5.41, 5.74) is 2.82. The number of methoxy groups -OCH3 is 1. The molecule has 4 rings (SSSR count). The molecule has 0 aromatic carbocycles. The minimum atomic E-state index is 0.331. The molecule has 0 bridgehead atoms. The molecule has 1 saturated carbocycles. The van der Waals surface area contributed by atoms with Crippen LogP contribution >= 0.6 is 11.3 Å². The van der Waals surface area contributed by atoms with E-state index in [1.54, 1.807) is 7.11 Å². The topological polar surface area (TPSA) is 30.3 Å². The van der Waals surface area contributed by atoms with Crippen LogP contribution in [-0.4, -0.2) is 34.9 Å². The second kappa shape index (κ2) is 6.14. The lowest BCUT2D eigenvalue weighted by Gasteiger charge is -2.35. The van der Waals surface area contributed by atoms with Crippen molar-refractivity contribution in [2.24, 2.45) is 5.92 Å². The highest BCUT2D eigenvalue weighted by atomic mass is 32.1. The van der Waals surface area contributed by atoms with Crippen LogP contribution in [0.1, 0.15) is 35.0 Å². The van der Waals surface area contributed by atoms with Crippen LogP contribution in [0.3, 0.4) is 0 Å². The van der Waals surface area contributed by atoms with Gasteiger partial charge in [-0.05, 0) is 42.2 Å². The van der Waals surface area contributed by atoms with Gasteiger partial charge >= 0.3 is 0 Å². The summed E-state index contributed by atoms with van der Waals surface area (Å²) >= 11 is 1.84. The summed E-state index contributed by atoms with van der Waals surface area (Å²) in [5.74, 6) is 0.847. The highest BCUT2D eigenvalue weighted by Crippen LogP contribution is 2.35. The molecular formula is C17H23N3OS. The first kappa shape index (κ1) is 14.4. The summed E-state index contributed by atoms with van der Waals surface area (Å²) in [6.45, 7) is 3.94. The van der Waals surface area contributed by atoms with Crippen molar-refractivity contribution in [2.75, 3.05) is 20.3 Å². The van der Waals surface area contributed by atoms with Crippen molar-refractivity contribution in [3.63, 3.8) is 0 Å². The van der Waals surface area contributed by atoms with Crippen molar-refractivity contribution in [1.82, 2.24) is 14.7 Å². The molecule has 1 aliphatic heterocycles. The Kier molecular flexibility index (Phi) is 4.03. The Hall–Kier alpha value is -1.17. The predicted octanol–water partition coefficient (Wildman–Crippen LogP) is 3.10. The van der Waals surface area contributed by atoms with Crippen molar-refractivity contribution >= 4 is 11.3 Å². The number of ether oxygens (including phenoxy) is 1. The molecule has 3 heterocycles. The number of rotatable bonds is 6. The zero-order valence-electron chi connectivity index (χ0n) is 13.1. The molecule has 0 N–H and O–H groups in total. The van der Waals surface area contributed by atoms with Crippen molar-refractivity contribution in [3.8, 4) is 0 Å². The van der Waals surface area contributed by atoms with Gasteiger partial charge in [0.1, 0.15) is 0 Å². The lowest BCUT2D eigenvalue weighted by molar-refractivity contribution is 0.0732. The van der Waals surface area contributed by atoms with E-state index < -0.39 is 0 Å². The molecule has 0 unspecified atom stereocenters. The van der Waals surface area contributed by atoms with Gasteiger partial charge in [-0.25, -0.2) is 0 Å². The zero-order chi connectivity index (χ0) is 14.9. The molecule has 1 fully saturated rings. The monoisotopic (exact) mass is 317 g/mol. The first-order chi connectivity index (χ1) is 10.8. The van der Waals surface area contributed by atoms with Gasteiger partial charge < -0.3 is 4.74 Å². The van der Waals surface area contributed by atoms with Gasteiger partial charge in [0, 0.05) is 31.6 Å². The van der Waals surface area contributed by atoms with Crippen molar-refractivity contribution < 1.29 is 4.74 Å². The van der Waals surface area contributed by atoms with Crippen molar-refractivity contribution in [2.45, 2.75) is 38.4 Å². The highest BCUT2D eigenvalue weighted by Gasteiger charge is 2.33. The maximum atomic E-state index is 5.55. The summed E-state index contributed by atoms with van der Waals surface area (Å²) in [6, 6.07) is 4.70. The second-order valence-electron chi connectivity index (χ2n) is 6.45. The molecule has 4 nitrogen and oxygen atoms in total. The second-order valence-corrected chi connectivity index (χ2v) is 7.48. The van der Waals surface area contributed by atoms with Gasteiger partial charge in [0.2, 0.25) is 0 Å². The van der Waals surface area contributed by atoms with E-state index in [0.717, 1.165) is 38.6 Å². The average molecular weight is 317 g/mol. The van der Waals surface area contributed by atoms with E-state index in [2.05, 4.69) is 38.4 Å². The average Bonchev–Trinajstić information content (AvgIpc) is 3.02. The highest BCUT2D eigenvalue weighted by molar-refractivity contribution is 7.09. The van der Waals surface area contributed by atoms with Crippen LogP contribution in [0.15, 0.2) is 23.7 Å². The summed E-state index contributed by atoms with van der Waals surface area (Å²) < 4.78 is 7.81. The zero-order valence-corrected chi connectivity index (χ0v) is 13.9. The Morgan fingerprint density at radius 1 is 1.41 bits per heavy atom. The minimum absolute atomic E-state index is 0.331. The van der Waals surface area contributed by atoms with E-state index in [-0.39, 0.29) is 0 Å². The molecule has 0 radical (unpaired) electrons. The molecular weight excluding hydrogens is 294 g/mol. The van der Waals surface area contributed by atoms with E-state index >= 15 is 0 Å². The Morgan fingerprint density at radius 2 is 2.32 bits per heavy atom. The standard InChI is InChI=1S/C17H23N3OS/c1-21-12-16-17-14(9-18-20(17)10-13-4-5-13)6-7-19(16)11-15-3-2-8-22-15/h2-3,8-9,13,16H,4-7,10-12H2,1H3/t16-/m1/s1. The van der Waals surface area contributed by atoms with Crippen LogP contribution in [0.4, 0.5) is 0 Å². The van der Waals surface area contributed by atoms with Crippen LogP contribution in [0.5, 0.6) is 0 Å². The Morgan fingerprint density at radius 3 is 3.05 bits per heavy atom. The maximum Gasteiger partial charge on any atom is 0.0760 e. The fourth-order valence-electron chi connectivity index (χ4n) is 3.43. The largest absolute Gasteiger partial charge is 0.383 e. The molecule has 2 aromatic heterocycles. The number of thiophene rings is 1.